The molecule has 0 aliphatic carbocycles. The number of rotatable bonds is 7. The number of amides is 2. The number of carbonyl (C=O) groups excluding carboxylic acids is 2. The number of halogens is 1. The quantitative estimate of drug-likeness (QED) is 0.784. The van der Waals surface area contributed by atoms with Crippen molar-refractivity contribution in [1.82, 2.24) is 4.90 Å². The van der Waals surface area contributed by atoms with Gasteiger partial charge in [0, 0.05) is 5.69 Å². The Labute approximate surface area is 159 Å². The number of para-hydroxylation sites is 1. The van der Waals surface area contributed by atoms with Crippen molar-refractivity contribution in [3.63, 3.8) is 0 Å². The van der Waals surface area contributed by atoms with Crippen molar-refractivity contribution in [2.45, 2.75) is 32.7 Å². The molecule has 0 fully saturated rings. The fraction of sp³-hybridized carbons (Fsp3) is 0.333. The van der Waals surface area contributed by atoms with Crippen LogP contribution in [0.5, 0.6) is 0 Å². The third-order valence-corrected chi connectivity index (χ3v) is 4.46. The van der Waals surface area contributed by atoms with Crippen LogP contribution in [0.3, 0.4) is 0 Å². The minimum Gasteiger partial charge on any atom is -0.368 e. The molecular formula is C21H26FN3O2. The van der Waals surface area contributed by atoms with Gasteiger partial charge in [-0.2, -0.15) is 0 Å². The molecule has 144 valence electrons. The maximum absolute atomic E-state index is 13.5. The van der Waals surface area contributed by atoms with Crippen molar-refractivity contribution in [1.29, 1.82) is 0 Å². The van der Waals surface area contributed by atoms with Crippen molar-refractivity contribution in [3.8, 4) is 0 Å². The number of nitrogens with one attached hydrogen (secondary N) is 1. The summed E-state index contributed by atoms with van der Waals surface area (Å²) in [6.07, 6.45) is 0. The molecule has 0 heterocycles. The van der Waals surface area contributed by atoms with Gasteiger partial charge in [-0.25, -0.2) is 4.39 Å². The van der Waals surface area contributed by atoms with Crippen molar-refractivity contribution >= 4 is 17.5 Å². The van der Waals surface area contributed by atoms with E-state index in [9.17, 15) is 14.0 Å². The van der Waals surface area contributed by atoms with Gasteiger partial charge in [-0.1, -0.05) is 44.2 Å². The molecule has 0 aliphatic heterocycles. The van der Waals surface area contributed by atoms with Crippen LogP contribution in [0.25, 0.3) is 0 Å². The maximum atomic E-state index is 13.5. The Morgan fingerprint density at radius 3 is 2.44 bits per heavy atom. The summed E-state index contributed by atoms with van der Waals surface area (Å²) in [5, 5.41) is 2.94. The van der Waals surface area contributed by atoms with Crippen LogP contribution in [-0.4, -0.2) is 30.3 Å². The number of hydrogen-bond acceptors (Lipinski definition) is 3. The van der Waals surface area contributed by atoms with E-state index < -0.39 is 17.8 Å². The van der Waals surface area contributed by atoms with Crippen LogP contribution in [0.4, 0.5) is 10.1 Å². The molecule has 0 radical (unpaired) electrons. The lowest BCUT2D eigenvalue weighted by atomic mass is 9.98. The van der Waals surface area contributed by atoms with E-state index in [1.54, 1.807) is 13.1 Å². The summed E-state index contributed by atoms with van der Waals surface area (Å²) in [6.45, 7) is 5.99. The second-order valence-electron chi connectivity index (χ2n) is 7.02. The zero-order valence-corrected chi connectivity index (χ0v) is 16.1. The lowest BCUT2D eigenvalue weighted by molar-refractivity contribution is -0.124. The zero-order chi connectivity index (χ0) is 20.1. The normalized spacial score (nSPS) is 12.3. The molecule has 1 unspecified atom stereocenters. The highest BCUT2D eigenvalue weighted by molar-refractivity contribution is 5.94. The zero-order valence-electron chi connectivity index (χ0n) is 16.1. The van der Waals surface area contributed by atoms with E-state index in [0.717, 1.165) is 16.8 Å². The molecule has 0 aliphatic rings. The van der Waals surface area contributed by atoms with Gasteiger partial charge in [-0.15, -0.1) is 0 Å². The highest BCUT2D eigenvalue weighted by Gasteiger charge is 2.25. The molecule has 1 atom stereocenters. The van der Waals surface area contributed by atoms with Gasteiger partial charge in [-0.3, -0.25) is 14.5 Å². The summed E-state index contributed by atoms with van der Waals surface area (Å²) in [5.41, 5.74) is 8.71. The van der Waals surface area contributed by atoms with E-state index >= 15 is 0 Å². The first-order valence-electron chi connectivity index (χ1n) is 8.85. The number of likely N-dealkylation sites (N-methyl/N-ethyl adjacent to an activating group) is 1. The maximum Gasteiger partial charge on any atom is 0.239 e. The molecule has 3 N–H and O–H groups in total. The summed E-state index contributed by atoms with van der Waals surface area (Å²) in [6, 6.07) is 10.6. The van der Waals surface area contributed by atoms with Gasteiger partial charge >= 0.3 is 0 Å². The number of aryl methyl sites for hydroxylation is 1. The van der Waals surface area contributed by atoms with E-state index in [4.69, 9.17) is 5.73 Å². The van der Waals surface area contributed by atoms with Gasteiger partial charge < -0.3 is 11.1 Å². The van der Waals surface area contributed by atoms with Crippen LogP contribution in [-0.2, 0) is 9.59 Å². The second-order valence-corrected chi connectivity index (χ2v) is 7.02. The number of hydrogen-bond donors (Lipinski definition) is 2. The molecule has 2 aromatic carbocycles. The summed E-state index contributed by atoms with van der Waals surface area (Å²) < 4.78 is 13.5. The number of primary amides is 1. The minimum atomic E-state index is -0.895. The Hall–Kier alpha value is -2.73. The van der Waals surface area contributed by atoms with E-state index in [1.807, 2.05) is 25.1 Å². The van der Waals surface area contributed by atoms with Crippen LogP contribution < -0.4 is 11.1 Å². The smallest absolute Gasteiger partial charge is 0.239 e. The Balaban J connectivity index is 2.18. The summed E-state index contributed by atoms with van der Waals surface area (Å²) in [5.74, 6) is -1.12. The van der Waals surface area contributed by atoms with Gasteiger partial charge in [-0.05, 0) is 48.7 Å². The van der Waals surface area contributed by atoms with Gasteiger partial charge in [0.2, 0.25) is 11.8 Å². The second kappa shape index (κ2) is 8.77. The Bertz CT molecular complexity index is 836. The predicted octanol–water partition coefficient (Wildman–Crippen LogP) is 3.35. The molecule has 0 aromatic heterocycles. The van der Waals surface area contributed by atoms with Crippen molar-refractivity contribution < 1.29 is 14.0 Å². The van der Waals surface area contributed by atoms with Crippen LogP contribution in [0.2, 0.25) is 0 Å². The number of anilines is 1. The molecule has 0 spiro atoms. The molecule has 2 aromatic rings. The Morgan fingerprint density at radius 1 is 1.19 bits per heavy atom. The predicted molar refractivity (Wildman–Crippen MR) is 105 cm³/mol. The van der Waals surface area contributed by atoms with Crippen LogP contribution in [0.1, 0.15) is 42.5 Å². The fourth-order valence-electron chi connectivity index (χ4n) is 3.15. The number of nitrogens with zero attached hydrogens (tertiary/aromatic N) is 1. The number of nitrogens with two attached hydrogens (primary N) is 1. The molecule has 2 rings (SSSR count). The van der Waals surface area contributed by atoms with Crippen molar-refractivity contribution in [2.75, 3.05) is 18.9 Å². The first-order valence-corrected chi connectivity index (χ1v) is 8.85. The summed E-state index contributed by atoms with van der Waals surface area (Å²) in [7, 11) is 1.61. The first-order chi connectivity index (χ1) is 12.7. The van der Waals surface area contributed by atoms with E-state index in [1.165, 1.54) is 23.1 Å². The number of carbonyl (C=O) groups is 2. The largest absolute Gasteiger partial charge is 0.368 e. The highest BCUT2D eigenvalue weighted by Crippen LogP contribution is 2.27. The molecule has 27 heavy (non-hydrogen) atoms. The van der Waals surface area contributed by atoms with E-state index in [0.29, 0.717) is 5.56 Å². The summed E-state index contributed by atoms with van der Waals surface area (Å²) >= 11 is 0. The van der Waals surface area contributed by atoms with Crippen molar-refractivity contribution in [3.05, 3.63) is 65.0 Å². The van der Waals surface area contributed by atoms with Crippen LogP contribution in [0, 0.1) is 12.7 Å². The van der Waals surface area contributed by atoms with Crippen LogP contribution in [0.15, 0.2) is 42.5 Å². The average molecular weight is 371 g/mol. The molecule has 2 amide bonds. The Morgan fingerprint density at radius 2 is 1.85 bits per heavy atom. The summed E-state index contributed by atoms with van der Waals surface area (Å²) in [4.78, 5) is 26.0. The molecule has 0 saturated carbocycles. The topological polar surface area (TPSA) is 75.4 Å². The van der Waals surface area contributed by atoms with Gasteiger partial charge in [0.05, 0.1) is 6.54 Å². The van der Waals surface area contributed by atoms with E-state index in [-0.39, 0.29) is 18.4 Å². The molecule has 0 saturated heterocycles. The van der Waals surface area contributed by atoms with E-state index in [2.05, 4.69) is 19.2 Å². The van der Waals surface area contributed by atoms with Crippen molar-refractivity contribution in [2.24, 2.45) is 5.73 Å². The standard InChI is InChI=1S/C21H26FN3O2/c1-13(2)17-10-5-7-14(3)19(17)24-18(26)12-25(4)20(21(23)27)15-8-6-9-16(22)11-15/h5-11,13,20H,12H2,1-4H3,(H2,23,27)(H,24,26). The molecular weight excluding hydrogens is 345 g/mol. The van der Waals surface area contributed by atoms with Gasteiger partial charge in [0.25, 0.3) is 0 Å². The highest BCUT2D eigenvalue weighted by atomic mass is 19.1. The molecule has 5 nitrogen and oxygen atoms in total. The third-order valence-electron chi connectivity index (χ3n) is 4.46. The number of benzene rings is 2. The molecule has 6 heteroatoms. The lowest BCUT2D eigenvalue weighted by Gasteiger charge is -2.26. The monoisotopic (exact) mass is 371 g/mol. The third kappa shape index (κ3) is 5.14. The molecule has 0 bridgehead atoms. The first kappa shape index (κ1) is 20.6. The fourth-order valence-corrected chi connectivity index (χ4v) is 3.15. The van der Waals surface area contributed by atoms with Gasteiger partial charge in [0.1, 0.15) is 11.9 Å². The minimum absolute atomic E-state index is 0.0595. The van der Waals surface area contributed by atoms with Crippen LogP contribution >= 0.6 is 0 Å². The lowest BCUT2D eigenvalue weighted by Crippen LogP contribution is -2.39. The SMILES string of the molecule is Cc1cccc(C(C)C)c1NC(=O)CN(C)C(C(N)=O)c1cccc(F)c1. The average Bonchev–Trinajstić information content (AvgIpc) is 2.56. The Kier molecular flexibility index (Phi) is 6.69. The van der Waals surface area contributed by atoms with Gasteiger partial charge in [0.15, 0.2) is 0 Å².